The Hall–Kier alpha value is -2.36. The van der Waals surface area contributed by atoms with Crippen LogP contribution in [-0.2, 0) is 27.9 Å². The van der Waals surface area contributed by atoms with Crippen LogP contribution in [0.4, 0.5) is 4.39 Å². The Bertz CT molecular complexity index is 958. The van der Waals surface area contributed by atoms with E-state index in [9.17, 15) is 8.60 Å². The molecule has 0 N–H and O–H groups in total. The molecule has 3 rings (SSSR count). The smallest absolute Gasteiger partial charge is 0.144 e. The van der Waals surface area contributed by atoms with E-state index in [1.54, 1.807) is 24.4 Å². The Morgan fingerprint density at radius 2 is 2.00 bits per heavy atom. The molecule has 1 aliphatic rings. The van der Waals surface area contributed by atoms with Gasteiger partial charge in [0.25, 0.3) is 0 Å². The number of nitrogens with zero attached hydrogens (tertiary/aromatic N) is 2. The molecule has 0 amide bonds. The average molecular weight is 399 g/mol. The van der Waals surface area contributed by atoms with Crippen molar-refractivity contribution in [1.82, 2.24) is 0 Å². The molecule has 0 aliphatic carbocycles. The first-order valence-corrected chi connectivity index (χ1v) is 10.2. The Labute approximate surface area is 167 Å². The van der Waals surface area contributed by atoms with Crippen molar-refractivity contribution in [3.63, 3.8) is 0 Å². The van der Waals surface area contributed by atoms with Gasteiger partial charge in [-0.3, -0.25) is 0 Å². The Morgan fingerprint density at radius 3 is 2.64 bits per heavy atom. The van der Waals surface area contributed by atoms with Crippen molar-refractivity contribution in [2.45, 2.75) is 50.6 Å². The minimum absolute atomic E-state index is 0.306. The lowest BCUT2D eigenvalue weighted by molar-refractivity contribution is -0.01000. The van der Waals surface area contributed by atoms with Gasteiger partial charge in [-0.15, -0.1) is 0 Å². The number of ether oxygens (including phenoxy) is 1. The monoisotopic (exact) mass is 398 g/mol. The number of hydrogen-bond acceptors (Lipinski definition) is 3. The first-order valence-electron chi connectivity index (χ1n) is 9.14. The molecule has 0 bridgehead atoms. The maximum Gasteiger partial charge on any atom is 0.144 e. The second kappa shape index (κ2) is 7.94. The van der Waals surface area contributed by atoms with E-state index in [4.69, 9.17) is 10.00 Å². The lowest BCUT2D eigenvalue weighted by atomic mass is 9.82. The number of rotatable bonds is 5. The maximum absolute atomic E-state index is 13.5. The van der Waals surface area contributed by atoms with Crippen molar-refractivity contribution in [2.24, 2.45) is 4.40 Å². The minimum atomic E-state index is -1.31. The number of halogens is 1. The van der Waals surface area contributed by atoms with Gasteiger partial charge in [0.05, 0.1) is 23.0 Å². The third kappa shape index (κ3) is 4.06. The van der Waals surface area contributed by atoms with E-state index in [1.165, 1.54) is 12.1 Å². The molecule has 0 radical (unpaired) electrons. The molecule has 4 nitrogen and oxygen atoms in total. The van der Waals surface area contributed by atoms with Crippen LogP contribution in [0.25, 0.3) is 0 Å². The molecule has 0 fully saturated rings. The van der Waals surface area contributed by atoms with Crippen LogP contribution in [0.15, 0.2) is 46.9 Å². The zero-order chi connectivity index (χ0) is 20.4. The van der Waals surface area contributed by atoms with Crippen LogP contribution in [0.5, 0.6) is 0 Å². The summed E-state index contributed by atoms with van der Waals surface area (Å²) in [6, 6.07) is 14.0. The molecule has 146 valence electrons. The second-order valence-electron chi connectivity index (χ2n) is 7.79. The molecule has 2 aromatic carbocycles. The van der Waals surface area contributed by atoms with Gasteiger partial charge in [-0.1, -0.05) is 18.2 Å². The van der Waals surface area contributed by atoms with Crippen molar-refractivity contribution in [2.75, 3.05) is 0 Å². The number of nitriles is 1. The topological polar surface area (TPSA) is 62.4 Å². The highest BCUT2D eigenvalue weighted by atomic mass is 32.2. The highest BCUT2D eigenvalue weighted by Crippen LogP contribution is 2.45. The molecular formula is C22H23FN2O2S. The lowest BCUT2D eigenvalue weighted by Gasteiger charge is -2.30. The molecular weight excluding hydrogens is 375 g/mol. The molecule has 1 heterocycles. The summed E-state index contributed by atoms with van der Waals surface area (Å²) < 4.78 is 35.6. The summed E-state index contributed by atoms with van der Waals surface area (Å²) in [5, 5.41) is 9.16. The van der Waals surface area contributed by atoms with Gasteiger partial charge in [0.2, 0.25) is 0 Å². The van der Waals surface area contributed by atoms with Gasteiger partial charge in [0, 0.05) is 6.21 Å². The average Bonchev–Trinajstić information content (AvgIpc) is 3.03. The van der Waals surface area contributed by atoms with E-state index in [2.05, 4.69) is 10.5 Å². The zero-order valence-electron chi connectivity index (χ0n) is 16.2. The van der Waals surface area contributed by atoms with Crippen LogP contribution in [0.2, 0.25) is 0 Å². The highest BCUT2D eigenvalue weighted by molar-refractivity contribution is 7.85. The van der Waals surface area contributed by atoms with Gasteiger partial charge in [-0.2, -0.15) is 9.66 Å². The molecule has 28 heavy (non-hydrogen) atoms. The van der Waals surface area contributed by atoms with E-state index in [0.717, 1.165) is 16.7 Å². The van der Waals surface area contributed by atoms with Gasteiger partial charge < -0.3 is 4.74 Å². The fraction of sp³-hybridized carbons (Fsp3) is 0.364. The quantitative estimate of drug-likeness (QED) is 0.681. The largest absolute Gasteiger partial charge is 0.361 e. The van der Waals surface area contributed by atoms with E-state index in [0.29, 0.717) is 25.0 Å². The van der Waals surface area contributed by atoms with E-state index in [-0.39, 0.29) is 5.82 Å². The van der Waals surface area contributed by atoms with Crippen LogP contribution in [0.1, 0.15) is 55.9 Å². The summed E-state index contributed by atoms with van der Waals surface area (Å²) in [5.74, 6) is -0.306. The molecule has 0 aromatic heterocycles. The van der Waals surface area contributed by atoms with E-state index in [1.807, 2.05) is 32.9 Å². The number of benzene rings is 2. The molecule has 0 spiro atoms. The summed E-state index contributed by atoms with van der Waals surface area (Å²) >= 11 is 0. The maximum atomic E-state index is 13.5. The number of hydrogen-bond donors (Lipinski definition) is 0. The fourth-order valence-corrected chi connectivity index (χ4v) is 3.87. The molecule has 6 heteroatoms. The summed E-state index contributed by atoms with van der Waals surface area (Å²) in [6.07, 6.45) is 2.80. The summed E-state index contributed by atoms with van der Waals surface area (Å²) in [4.78, 5) is 0. The Kier molecular flexibility index (Phi) is 5.78. The molecule has 2 atom stereocenters. The fourth-order valence-electron chi connectivity index (χ4n) is 3.31. The molecule has 0 saturated carbocycles. The van der Waals surface area contributed by atoms with Gasteiger partial charge in [0.15, 0.2) is 0 Å². The minimum Gasteiger partial charge on any atom is -0.361 e. The van der Waals surface area contributed by atoms with Crippen LogP contribution in [-0.4, -0.2) is 15.2 Å². The first-order chi connectivity index (χ1) is 13.3. The standard InChI is InChI=1S/C22H23FN2O2S/c1-21(2,3)28(26)25-12-4-11-22(18-6-8-19(23)9-7-18)20-10-5-16(14-24)13-17(20)15-27-22/h5-10,12-13H,4,11,15H2,1-3H3/b25-12+. The SMILES string of the molecule is CC(C)(C)S(=O)/N=C/CCC1(c2ccc(F)cc2)OCc2cc(C#N)ccc21. The van der Waals surface area contributed by atoms with Gasteiger partial charge >= 0.3 is 0 Å². The Balaban J connectivity index is 1.93. The van der Waals surface area contributed by atoms with E-state index < -0.39 is 21.3 Å². The molecule has 0 saturated heterocycles. The van der Waals surface area contributed by atoms with Crippen LogP contribution in [0.3, 0.4) is 0 Å². The van der Waals surface area contributed by atoms with E-state index >= 15 is 0 Å². The summed E-state index contributed by atoms with van der Waals surface area (Å²) in [6.45, 7) is 6.02. The van der Waals surface area contributed by atoms with Crippen LogP contribution < -0.4 is 0 Å². The second-order valence-corrected chi connectivity index (χ2v) is 9.73. The van der Waals surface area contributed by atoms with Gasteiger partial charge in [-0.25, -0.2) is 8.60 Å². The van der Waals surface area contributed by atoms with Crippen LogP contribution in [0, 0.1) is 17.1 Å². The van der Waals surface area contributed by atoms with Gasteiger partial charge in [-0.05, 0) is 74.6 Å². The number of fused-ring (bicyclic) bond motifs is 1. The predicted octanol–water partition coefficient (Wildman–Crippen LogP) is 4.78. The lowest BCUT2D eigenvalue weighted by Crippen LogP contribution is -2.27. The summed E-state index contributed by atoms with van der Waals surface area (Å²) in [5.41, 5.74) is 2.62. The van der Waals surface area contributed by atoms with Gasteiger partial charge in [0.1, 0.15) is 22.4 Å². The van der Waals surface area contributed by atoms with Crippen LogP contribution >= 0.6 is 0 Å². The zero-order valence-corrected chi connectivity index (χ0v) is 17.1. The molecule has 2 unspecified atom stereocenters. The molecule has 2 aromatic rings. The third-order valence-corrected chi connectivity index (χ3v) is 6.16. The molecule has 1 aliphatic heterocycles. The summed E-state index contributed by atoms with van der Waals surface area (Å²) in [7, 11) is -1.31. The van der Waals surface area contributed by atoms with Crippen molar-refractivity contribution in [3.05, 3.63) is 70.5 Å². The normalized spacial score (nSPS) is 20.1. The third-order valence-electron chi connectivity index (χ3n) is 4.77. The first kappa shape index (κ1) is 20.4. The van der Waals surface area contributed by atoms with Crippen molar-refractivity contribution in [3.8, 4) is 6.07 Å². The highest BCUT2D eigenvalue weighted by Gasteiger charge is 2.41. The van der Waals surface area contributed by atoms with Crippen molar-refractivity contribution in [1.29, 1.82) is 5.26 Å². The van der Waals surface area contributed by atoms with Crippen molar-refractivity contribution >= 4 is 17.2 Å². The predicted molar refractivity (Wildman–Crippen MR) is 109 cm³/mol. The Morgan fingerprint density at radius 1 is 1.29 bits per heavy atom. The van der Waals surface area contributed by atoms with Crippen molar-refractivity contribution < 1.29 is 13.3 Å².